The topological polar surface area (TPSA) is 56.8 Å². The van der Waals surface area contributed by atoms with Gasteiger partial charge < -0.3 is 14.7 Å². The molecule has 0 radical (unpaired) electrons. The number of rotatable bonds is 4. The second-order valence-electron chi connectivity index (χ2n) is 8.23. The summed E-state index contributed by atoms with van der Waals surface area (Å²) in [6.45, 7) is 11.9. The van der Waals surface area contributed by atoms with E-state index in [-0.39, 0.29) is 17.9 Å². The summed E-state index contributed by atoms with van der Waals surface area (Å²) in [5.41, 5.74) is 3.14. The van der Waals surface area contributed by atoms with Gasteiger partial charge in [0.05, 0.1) is 11.7 Å². The van der Waals surface area contributed by atoms with E-state index in [1.807, 2.05) is 16.7 Å². The second kappa shape index (κ2) is 8.28. The molecule has 2 aliphatic rings. The van der Waals surface area contributed by atoms with Gasteiger partial charge in [0, 0.05) is 57.4 Å². The number of hydrogen-bond acceptors (Lipinski definition) is 4. The quantitative estimate of drug-likeness (QED) is 0.815. The summed E-state index contributed by atoms with van der Waals surface area (Å²) >= 11 is 0. The normalized spacial score (nSPS) is 20.5. The number of carbonyl (C=O) groups excluding carboxylic acids is 2. The highest BCUT2D eigenvalue weighted by Crippen LogP contribution is 2.33. The van der Waals surface area contributed by atoms with Crippen molar-refractivity contribution in [2.24, 2.45) is 5.92 Å². The molecule has 1 aromatic heterocycles. The van der Waals surface area contributed by atoms with Gasteiger partial charge in [-0.25, -0.2) is 0 Å². The molecule has 3 rings (SSSR count). The van der Waals surface area contributed by atoms with Crippen LogP contribution in [0.2, 0.25) is 0 Å². The molecule has 0 aliphatic carbocycles. The molecule has 1 aromatic rings. The van der Waals surface area contributed by atoms with Gasteiger partial charge in [-0.2, -0.15) is 0 Å². The van der Waals surface area contributed by atoms with E-state index in [1.54, 1.807) is 6.92 Å². The van der Waals surface area contributed by atoms with Gasteiger partial charge in [0.25, 0.3) is 0 Å². The number of carbonyl (C=O) groups is 2. The lowest BCUT2D eigenvalue weighted by Crippen LogP contribution is -2.49. The molecule has 148 valence electrons. The molecule has 2 fully saturated rings. The van der Waals surface area contributed by atoms with Crippen LogP contribution >= 0.6 is 0 Å². The van der Waals surface area contributed by atoms with Gasteiger partial charge in [0.15, 0.2) is 0 Å². The Hall–Kier alpha value is -2.11. The summed E-state index contributed by atoms with van der Waals surface area (Å²) < 4.78 is 0. The molecule has 27 heavy (non-hydrogen) atoms. The van der Waals surface area contributed by atoms with Gasteiger partial charge in [-0.15, -0.1) is 0 Å². The number of amides is 2. The van der Waals surface area contributed by atoms with Crippen LogP contribution in [-0.2, 0) is 9.59 Å². The molecule has 0 saturated carbocycles. The van der Waals surface area contributed by atoms with Gasteiger partial charge >= 0.3 is 0 Å². The van der Waals surface area contributed by atoms with Crippen LogP contribution in [0.25, 0.3) is 0 Å². The summed E-state index contributed by atoms with van der Waals surface area (Å²) in [6, 6.07) is 4.35. The summed E-state index contributed by atoms with van der Waals surface area (Å²) in [5, 5.41) is 0. The third-order valence-electron chi connectivity index (χ3n) is 5.54. The predicted octanol–water partition coefficient (Wildman–Crippen LogP) is 2.77. The molecule has 0 aromatic carbocycles. The first kappa shape index (κ1) is 19.6. The zero-order valence-electron chi connectivity index (χ0n) is 17.1. The maximum Gasteiger partial charge on any atom is 0.222 e. The molecular weight excluding hydrogens is 340 g/mol. The molecular formula is C21H32N4O2. The van der Waals surface area contributed by atoms with E-state index in [1.165, 1.54) is 0 Å². The summed E-state index contributed by atoms with van der Waals surface area (Å²) in [7, 11) is 0. The SMILES string of the molecule is CC(=O)N1CCC[C@H]1c1cc(N2CCN(C(=O)CC(C)C)CC2)cc(C)n1. The summed E-state index contributed by atoms with van der Waals surface area (Å²) in [4.78, 5) is 35.2. The van der Waals surface area contributed by atoms with Crippen LogP contribution in [0.4, 0.5) is 5.69 Å². The first-order chi connectivity index (χ1) is 12.8. The number of likely N-dealkylation sites (tertiary alicyclic amines) is 1. The number of nitrogens with zero attached hydrogens (tertiary/aromatic N) is 4. The Kier molecular flexibility index (Phi) is 6.02. The number of aryl methyl sites for hydroxylation is 1. The van der Waals surface area contributed by atoms with E-state index >= 15 is 0 Å². The maximum atomic E-state index is 12.3. The number of pyridine rings is 1. The fraction of sp³-hybridized carbons (Fsp3) is 0.667. The molecule has 6 nitrogen and oxygen atoms in total. The molecule has 2 amide bonds. The van der Waals surface area contributed by atoms with Crippen LogP contribution in [0.5, 0.6) is 0 Å². The van der Waals surface area contributed by atoms with E-state index in [0.29, 0.717) is 12.3 Å². The van der Waals surface area contributed by atoms with E-state index in [2.05, 4.69) is 30.9 Å². The molecule has 0 unspecified atom stereocenters. The fourth-order valence-corrected chi connectivity index (χ4v) is 4.17. The highest BCUT2D eigenvalue weighted by molar-refractivity contribution is 5.76. The summed E-state index contributed by atoms with van der Waals surface area (Å²) in [6.07, 6.45) is 2.64. The van der Waals surface area contributed by atoms with Crippen molar-refractivity contribution in [1.82, 2.24) is 14.8 Å². The molecule has 2 saturated heterocycles. The van der Waals surface area contributed by atoms with Gasteiger partial charge in [-0.05, 0) is 37.8 Å². The number of aromatic nitrogens is 1. The van der Waals surface area contributed by atoms with Gasteiger partial charge in [0.1, 0.15) is 0 Å². The minimum atomic E-state index is 0.0926. The Balaban J connectivity index is 1.70. The van der Waals surface area contributed by atoms with Crippen LogP contribution in [0.15, 0.2) is 12.1 Å². The molecule has 0 spiro atoms. The third kappa shape index (κ3) is 4.60. The van der Waals surface area contributed by atoms with Gasteiger partial charge in [0.2, 0.25) is 11.8 Å². The smallest absolute Gasteiger partial charge is 0.222 e. The molecule has 6 heteroatoms. The Morgan fingerprint density at radius 1 is 1.15 bits per heavy atom. The largest absolute Gasteiger partial charge is 0.368 e. The van der Waals surface area contributed by atoms with Crippen molar-refractivity contribution >= 4 is 17.5 Å². The maximum absolute atomic E-state index is 12.3. The Bertz CT molecular complexity index is 695. The van der Waals surface area contributed by atoms with Crippen LogP contribution in [-0.4, -0.2) is 59.3 Å². The van der Waals surface area contributed by atoms with Gasteiger partial charge in [-0.3, -0.25) is 14.6 Å². The lowest BCUT2D eigenvalue weighted by atomic mass is 10.1. The predicted molar refractivity (Wildman–Crippen MR) is 107 cm³/mol. The highest BCUT2D eigenvalue weighted by Gasteiger charge is 2.30. The highest BCUT2D eigenvalue weighted by atomic mass is 16.2. The van der Waals surface area contributed by atoms with Crippen molar-refractivity contribution in [1.29, 1.82) is 0 Å². The number of hydrogen-bond donors (Lipinski definition) is 0. The van der Waals surface area contributed by atoms with Crippen molar-refractivity contribution in [3.05, 3.63) is 23.5 Å². The fourth-order valence-electron chi connectivity index (χ4n) is 4.17. The average molecular weight is 373 g/mol. The standard InChI is InChI=1S/C21H32N4O2/c1-15(2)12-21(27)24-10-8-23(9-11-24)18-13-16(3)22-19(14-18)20-6-5-7-25(20)17(4)26/h13-15,20H,5-12H2,1-4H3/t20-/m0/s1. The molecule has 1 atom stereocenters. The summed E-state index contributed by atoms with van der Waals surface area (Å²) in [5.74, 6) is 0.788. The third-order valence-corrected chi connectivity index (χ3v) is 5.54. The van der Waals surface area contributed by atoms with Crippen molar-refractivity contribution in [3.63, 3.8) is 0 Å². The Labute approximate surface area is 162 Å². The van der Waals surface area contributed by atoms with Crippen LogP contribution < -0.4 is 4.90 Å². The average Bonchev–Trinajstić information content (AvgIpc) is 3.11. The molecule has 3 heterocycles. The van der Waals surface area contributed by atoms with Crippen molar-refractivity contribution in [2.45, 2.75) is 53.0 Å². The van der Waals surface area contributed by atoms with Crippen molar-refractivity contribution in [3.8, 4) is 0 Å². The Morgan fingerprint density at radius 2 is 1.85 bits per heavy atom. The zero-order chi connectivity index (χ0) is 19.6. The van der Waals surface area contributed by atoms with Crippen LogP contribution in [0.3, 0.4) is 0 Å². The van der Waals surface area contributed by atoms with E-state index in [9.17, 15) is 9.59 Å². The molecule has 0 bridgehead atoms. The minimum Gasteiger partial charge on any atom is -0.368 e. The van der Waals surface area contributed by atoms with E-state index in [0.717, 1.165) is 62.6 Å². The minimum absolute atomic E-state index is 0.0926. The monoisotopic (exact) mass is 372 g/mol. The molecule has 0 N–H and O–H groups in total. The Morgan fingerprint density at radius 3 is 2.48 bits per heavy atom. The first-order valence-corrected chi connectivity index (χ1v) is 10.1. The number of piperazine rings is 1. The first-order valence-electron chi connectivity index (χ1n) is 10.1. The van der Waals surface area contributed by atoms with Gasteiger partial charge in [-0.1, -0.05) is 13.8 Å². The van der Waals surface area contributed by atoms with E-state index < -0.39 is 0 Å². The number of anilines is 1. The van der Waals surface area contributed by atoms with Crippen molar-refractivity contribution in [2.75, 3.05) is 37.6 Å². The van der Waals surface area contributed by atoms with Crippen molar-refractivity contribution < 1.29 is 9.59 Å². The second-order valence-corrected chi connectivity index (χ2v) is 8.23. The van der Waals surface area contributed by atoms with E-state index in [4.69, 9.17) is 4.98 Å². The zero-order valence-corrected chi connectivity index (χ0v) is 17.1. The van der Waals surface area contributed by atoms with Crippen LogP contribution in [0.1, 0.15) is 57.5 Å². The molecule has 2 aliphatic heterocycles. The van der Waals surface area contributed by atoms with Crippen LogP contribution in [0, 0.1) is 12.8 Å². The lowest BCUT2D eigenvalue weighted by molar-refractivity contribution is -0.132. The lowest BCUT2D eigenvalue weighted by Gasteiger charge is -2.37.